The highest BCUT2D eigenvalue weighted by Gasteiger charge is 2.20. The largest absolute Gasteiger partial charge is 0.467 e. The maximum absolute atomic E-state index is 11.6. The molecule has 0 spiro atoms. The highest BCUT2D eigenvalue weighted by Crippen LogP contribution is 2.02. The number of unbranched alkanes of at least 4 members (excludes halogenated alkanes) is 3. The van der Waals surface area contributed by atoms with Crippen LogP contribution in [-0.4, -0.2) is 43.7 Å². The molecule has 1 atom stereocenters. The van der Waals surface area contributed by atoms with Gasteiger partial charge in [0, 0.05) is 6.54 Å². The van der Waals surface area contributed by atoms with E-state index in [1.165, 1.54) is 20.0 Å². The number of thioether (sulfide) groups is 1. The minimum Gasteiger partial charge on any atom is -0.467 e. The Labute approximate surface area is 120 Å². The van der Waals surface area contributed by atoms with Crippen LogP contribution in [-0.2, 0) is 9.53 Å². The van der Waals surface area contributed by atoms with Crippen LogP contribution in [0.2, 0.25) is 0 Å². The number of nitrogens with one attached hydrogen (secondary N) is 2. The summed E-state index contributed by atoms with van der Waals surface area (Å²) < 4.78 is 4.68. The smallest absolute Gasteiger partial charge is 0.328 e. The Hall–Kier alpha value is -0.910. The van der Waals surface area contributed by atoms with E-state index in [0.717, 1.165) is 18.6 Å². The number of hydrogen-bond acceptors (Lipinski definition) is 4. The number of ether oxygens (including phenoxy) is 1. The number of carbonyl (C=O) groups excluding carboxylic acids is 2. The van der Waals surface area contributed by atoms with Crippen LogP contribution in [0.3, 0.4) is 0 Å². The maximum atomic E-state index is 11.6. The van der Waals surface area contributed by atoms with Crippen LogP contribution in [0, 0.1) is 0 Å². The Morgan fingerprint density at radius 1 is 1.26 bits per heavy atom. The molecule has 2 amide bonds. The number of amides is 2. The van der Waals surface area contributed by atoms with Crippen molar-refractivity contribution >= 4 is 23.8 Å². The van der Waals surface area contributed by atoms with Crippen molar-refractivity contribution in [3.05, 3.63) is 0 Å². The molecule has 0 aromatic carbocycles. The van der Waals surface area contributed by atoms with Gasteiger partial charge in [-0.05, 0) is 24.9 Å². The van der Waals surface area contributed by atoms with Crippen LogP contribution in [0.15, 0.2) is 0 Å². The van der Waals surface area contributed by atoms with Crippen LogP contribution in [0.1, 0.15) is 39.0 Å². The maximum Gasteiger partial charge on any atom is 0.328 e. The van der Waals surface area contributed by atoms with E-state index >= 15 is 0 Å². The fraction of sp³-hybridized carbons (Fsp3) is 0.846. The Morgan fingerprint density at radius 3 is 2.58 bits per heavy atom. The average molecular weight is 290 g/mol. The third-order valence-electron chi connectivity index (χ3n) is 2.72. The van der Waals surface area contributed by atoms with Gasteiger partial charge in [0.25, 0.3) is 0 Å². The molecule has 6 heteroatoms. The molecule has 0 rings (SSSR count). The topological polar surface area (TPSA) is 67.4 Å². The Kier molecular flexibility index (Phi) is 11.6. The molecule has 0 aliphatic rings. The molecule has 0 heterocycles. The molecular formula is C13H26N2O3S. The molecule has 2 N–H and O–H groups in total. The third kappa shape index (κ3) is 9.64. The lowest BCUT2D eigenvalue weighted by atomic mass is 10.2. The van der Waals surface area contributed by atoms with Gasteiger partial charge in [-0.15, -0.1) is 0 Å². The highest BCUT2D eigenvalue weighted by molar-refractivity contribution is 7.98. The summed E-state index contributed by atoms with van der Waals surface area (Å²) >= 11 is 1.63. The quantitative estimate of drug-likeness (QED) is 0.478. The zero-order valence-corrected chi connectivity index (χ0v) is 13.0. The van der Waals surface area contributed by atoms with E-state index in [2.05, 4.69) is 22.3 Å². The molecule has 0 fully saturated rings. The number of hydrogen-bond donors (Lipinski definition) is 2. The first-order valence-electron chi connectivity index (χ1n) is 6.76. The molecule has 112 valence electrons. The summed E-state index contributed by atoms with van der Waals surface area (Å²) in [7, 11) is 1.33. The zero-order valence-electron chi connectivity index (χ0n) is 12.2. The summed E-state index contributed by atoms with van der Waals surface area (Å²) in [4.78, 5) is 23.1. The summed E-state index contributed by atoms with van der Waals surface area (Å²) in [5.74, 6) is 0.409. The van der Waals surface area contributed by atoms with Gasteiger partial charge in [-0.25, -0.2) is 9.59 Å². The monoisotopic (exact) mass is 290 g/mol. The van der Waals surface area contributed by atoms with Gasteiger partial charge < -0.3 is 15.4 Å². The van der Waals surface area contributed by atoms with E-state index in [4.69, 9.17) is 0 Å². The van der Waals surface area contributed by atoms with Gasteiger partial charge in [0.1, 0.15) is 6.04 Å². The minimum atomic E-state index is -0.562. The second-order valence-electron chi connectivity index (χ2n) is 4.32. The van der Waals surface area contributed by atoms with E-state index in [1.54, 1.807) is 11.8 Å². The SMILES string of the molecule is CCCCCCNC(=O)NC(CCSC)C(=O)OC. The second kappa shape index (κ2) is 12.1. The van der Waals surface area contributed by atoms with Crippen molar-refractivity contribution in [3.63, 3.8) is 0 Å². The van der Waals surface area contributed by atoms with E-state index in [0.29, 0.717) is 13.0 Å². The molecule has 1 unspecified atom stereocenters. The molecule has 0 bridgehead atoms. The lowest BCUT2D eigenvalue weighted by Gasteiger charge is -2.16. The summed E-state index contributed by atoms with van der Waals surface area (Å²) in [5, 5.41) is 5.42. The van der Waals surface area contributed by atoms with E-state index in [-0.39, 0.29) is 6.03 Å². The molecule has 0 saturated carbocycles. The average Bonchev–Trinajstić information content (AvgIpc) is 2.42. The van der Waals surface area contributed by atoms with Gasteiger partial charge in [0.15, 0.2) is 0 Å². The fourth-order valence-electron chi connectivity index (χ4n) is 1.59. The van der Waals surface area contributed by atoms with Crippen LogP contribution in [0.5, 0.6) is 0 Å². The standard InChI is InChI=1S/C13H26N2O3S/c1-4-5-6-7-9-14-13(17)15-11(8-10-19-3)12(16)18-2/h11H,4-10H2,1-3H3,(H2,14,15,17). The lowest BCUT2D eigenvalue weighted by molar-refractivity contribution is -0.142. The van der Waals surface area contributed by atoms with E-state index in [9.17, 15) is 9.59 Å². The first-order valence-corrected chi connectivity index (χ1v) is 8.16. The third-order valence-corrected chi connectivity index (χ3v) is 3.36. The van der Waals surface area contributed by atoms with Crippen molar-refractivity contribution < 1.29 is 14.3 Å². The van der Waals surface area contributed by atoms with Gasteiger partial charge in [-0.2, -0.15) is 11.8 Å². The van der Waals surface area contributed by atoms with Gasteiger partial charge in [0.05, 0.1) is 7.11 Å². The predicted molar refractivity (Wildman–Crippen MR) is 79.5 cm³/mol. The van der Waals surface area contributed by atoms with Gasteiger partial charge in [-0.1, -0.05) is 26.2 Å². The molecule has 0 radical (unpaired) electrons. The molecule has 0 aliphatic carbocycles. The van der Waals surface area contributed by atoms with Crippen LogP contribution < -0.4 is 10.6 Å². The van der Waals surface area contributed by atoms with Crippen LogP contribution >= 0.6 is 11.8 Å². The van der Waals surface area contributed by atoms with E-state index < -0.39 is 12.0 Å². The summed E-state index contributed by atoms with van der Waals surface area (Å²) in [6, 6.07) is -0.860. The van der Waals surface area contributed by atoms with Crippen LogP contribution in [0.25, 0.3) is 0 Å². The van der Waals surface area contributed by atoms with Crippen molar-refractivity contribution in [3.8, 4) is 0 Å². The summed E-state index contributed by atoms with van der Waals surface area (Å²) in [6.07, 6.45) is 6.98. The first kappa shape index (κ1) is 18.1. The normalized spacial score (nSPS) is 11.7. The van der Waals surface area contributed by atoms with Crippen molar-refractivity contribution in [2.45, 2.75) is 45.1 Å². The molecule has 0 aromatic heterocycles. The molecule has 0 saturated heterocycles. The number of rotatable bonds is 10. The zero-order chi connectivity index (χ0) is 14.5. The molecule has 0 aliphatic heterocycles. The van der Waals surface area contributed by atoms with E-state index in [1.807, 2.05) is 6.26 Å². The van der Waals surface area contributed by atoms with Crippen molar-refractivity contribution in [1.29, 1.82) is 0 Å². The number of urea groups is 1. The summed E-state index contributed by atoms with van der Waals surface area (Å²) in [6.45, 7) is 2.79. The van der Waals surface area contributed by atoms with Crippen LogP contribution in [0.4, 0.5) is 4.79 Å². The predicted octanol–water partition coefficient (Wildman–Crippen LogP) is 2.16. The Morgan fingerprint density at radius 2 is 2.00 bits per heavy atom. The molecular weight excluding hydrogens is 264 g/mol. The fourth-order valence-corrected chi connectivity index (χ4v) is 2.06. The number of carbonyl (C=O) groups is 2. The van der Waals surface area contributed by atoms with Gasteiger partial charge >= 0.3 is 12.0 Å². The molecule has 0 aromatic rings. The number of esters is 1. The second-order valence-corrected chi connectivity index (χ2v) is 5.30. The Bertz CT molecular complexity index is 262. The molecule has 5 nitrogen and oxygen atoms in total. The lowest BCUT2D eigenvalue weighted by Crippen LogP contribution is -2.46. The summed E-state index contributed by atoms with van der Waals surface area (Å²) in [5.41, 5.74) is 0. The van der Waals surface area contributed by atoms with Gasteiger partial charge in [0.2, 0.25) is 0 Å². The minimum absolute atomic E-state index is 0.298. The first-order chi connectivity index (χ1) is 9.15. The van der Waals surface area contributed by atoms with Crippen molar-refractivity contribution in [2.24, 2.45) is 0 Å². The van der Waals surface area contributed by atoms with Crippen molar-refractivity contribution in [2.75, 3.05) is 25.7 Å². The van der Waals surface area contributed by atoms with Gasteiger partial charge in [-0.3, -0.25) is 0 Å². The Balaban J connectivity index is 3.91. The highest BCUT2D eigenvalue weighted by atomic mass is 32.2. The molecule has 19 heavy (non-hydrogen) atoms. The van der Waals surface area contributed by atoms with Crippen molar-refractivity contribution in [1.82, 2.24) is 10.6 Å². The number of methoxy groups -OCH3 is 1.